The number of nitrogens with one attached hydrogen (secondary N) is 1. The number of allylic oxidation sites excluding steroid dienone is 2. The van der Waals surface area contributed by atoms with Crippen molar-refractivity contribution in [3.8, 4) is 0 Å². The lowest BCUT2D eigenvalue weighted by Gasteiger charge is -2.29. The molecule has 2 aliphatic rings. The average Bonchev–Trinajstić information content (AvgIpc) is 3.08. The predicted octanol–water partition coefficient (Wildman–Crippen LogP) is 2.89. The molecule has 1 N–H and O–H groups in total. The number of tetrazole rings is 1. The van der Waals surface area contributed by atoms with Gasteiger partial charge in [-0.3, -0.25) is 0 Å². The standard InChI is InChI=1S/C14H17N5O/c1-2-4-7-11-10(6-3-1)13(12-8-5-9-20-12)19-14(15-11)16-17-18-19/h5,8-9,13H,1-4,6-7H2,(H,15,16,18). The lowest BCUT2D eigenvalue weighted by molar-refractivity contribution is 0.414. The van der Waals surface area contributed by atoms with E-state index in [0.717, 1.165) is 18.6 Å². The Morgan fingerprint density at radius 1 is 1.20 bits per heavy atom. The van der Waals surface area contributed by atoms with E-state index >= 15 is 0 Å². The summed E-state index contributed by atoms with van der Waals surface area (Å²) in [6.45, 7) is 0. The van der Waals surface area contributed by atoms with Crippen molar-refractivity contribution in [2.45, 2.75) is 44.6 Å². The van der Waals surface area contributed by atoms with Gasteiger partial charge in [-0.15, -0.1) is 0 Å². The third-order valence-corrected chi connectivity index (χ3v) is 4.15. The zero-order chi connectivity index (χ0) is 13.4. The van der Waals surface area contributed by atoms with Crippen LogP contribution in [-0.2, 0) is 0 Å². The van der Waals surface area contributed by atoms with Crippen LogP contribution in [0.5, 0.6) is 0 Å². The summed E-state index contributed by atoms with van der Waals surface area (Å²) in [6.07, 6.45) is 8.89. The van der Waals surface area contributed by atoms with E-state index < -0.39 is 0 Å². The molecule has 0 bridgehead atoms. The Hall–Kier alpha value is -2.11. The summed E-state index contributed by atoms with van der Waals surface area (Å²) in [5, 5.41) is 15.4. The Bertz CT molecular complexity index is 628. The molecular weight excluding hydrogens is 254 g/mol. The topological polar surface area (TPSA) is 68.8 Å². The molecule has 0 aromatic carbocycles. The first-order valence-corrected chi connectivity index (χ1v) is 7.24. The fourth-order valence-electron chi connectivity index (χ4n) is 3.20. The first-order valence-electron chi connectivity index (χ1n) is 7.24. The maximum atomic E-state index is 5.64. The Morgan fingerprint density at radius 2 is 2.10 bits per heavy atom. The van der Waals surface area contributed by atoms with E-state index in [9.17, 15) is 0 Å². The van der Waals surface area contributed by atoms with Gasteiger partial charge in [-0.25, -0.2) is 0 Å². The SMILES string of the molecule is c1coc(C2C3=C(CCCCCC3)Nc3nnnn32)c1. The molecule has 0 amide bonds. The molecule has 1 aliphatic heterocycles. The van der Waals surface area contributed by atoms with Crippen molar-refractivity contribution in [2.75, 3.05) is 5.32 Å². The van der Waals surface area contributed by atoms with Gasteiger partial charge in [-0.1, -0.05) is 17.9 Å². The molecule has 1 atom stereocenters. The van der Waals surface area contributed by atoms with E-state index in [2.05, 4.69) is 20.8 Å². The highest BCUT2D eigenvalue weighted by atomic mass is 16.3. The van der Waals surface area contributed by atoms with Crippen LogP contribution in [0.1, 0.15) is 50.3 Å². The molecule has 0 fully saturated rings. The molecule has 1 unspecified atom stereocenters. The van der Waals surface area contributed by atoms with Crippen LogP contribution >= 0.6 is 0 Å². The molecule has 0 spiro atoms. The molecule has 6 nitrogen and oxygen atoms in total. The molecule has 0 saturated heterocycles. The number of furan rings is 1. The largest absolute Gasteiger partial charge is 0.467 e. The van der Waals surface area contributed by atoms with Crippen molar-refractivity contribution in [2.24, 2.45) is 0 Å². The third kappa shape index (κ3) is 1.83. The van der Waals surface area contributed by atoms with Crippen LogP contribution in [-0.4, -0.2) is 20.2 Å². The van der Waals surface area contributed by atoms with E-state index in [1.54, 1.807) is 6.26 Å². The Kier molecular flexibility index (Phi) is 2.79. The van der Waals surface area contributed by atoms with Crippen LogP contribution in [0, 0.1) is 0 Å². The Morgan fingerprint density at radius 3 is 2.95 bits per heavy atom. The highest BCUT2D eigenvalue weighted by Gasteiger charge is 2.32. The summed E-state index contributed by atoms with van der Waals surface area (Å²) in [5.41, 5.74) is 2.66. The minimum Gasteiger partial charge on any atom is -0.467 e. The molecule has 3 heterocycles. The first kappa shape index (κ1) is 11.7. The van der Waals surface area contributed by atoms with Gasteiger partial charge < -0.3 is 9.73 Å². The summed E-state index contributed by atoms with van der Waals surface area (Å²) in [4.78, 5) is 0. The zero-order valence-corrected chi connectivity index (χ0v) is 11.2. The van der Waals surface area contributed by atoms with Crippen molar-refractivity contribution in [1.29, 1.82) is 0 Å². The Balaban J connectivity index is 1.83. The average molecular weight is 271 g/mol. The van der Waals surface area contributed by atoms with Crippen LogP contribution in [0.4, 0.5) is 5.95 Å². The van der Waals surface area contributed by atoms with Crippen molar-refractivity contribution < 1.29 is 4.42 Å². The maximum absolute atomic E-state index is 5.64. The lowest BCUT2D eigenvalue weighted by atomic mass is 9.90. The maximum Gasteiger partial charge on any atom is 0.248 e. The third-order valence-electron chi connectivity index (χ3n) is 4.15. The smallest absolute Gasteiger partial charge is 0.248 e. The zero-order valence-electron chi connectivity index (χ0n) is 11.2. The van der Waals surface area contributed by atoms with Crippen molar-refractivity contribution >= 4 is 5.95 Å². The Labute approximate surface area is 116 Å². The summed E-state index contributed by atoms with van der Waals surface area (Å²) in [5.74, 6) is 1.62. The van der Waals surface area contributed by atoms with Gasteiger partial charge in [0, 0.05) is 5.70 Å². The molecule has 1 aliphatic carbocycles. The number of hydrogen-bond donors (Lipinski definition) is 1. The van der Waals surface area contributed by atoms with Gasteiger partial charge in [0.05, 0.1) is 6.26 Å². The quantitative estimate of drug-likeness (QED) is 0.863. The van der Waals surface area contributed by atoms with Gasteiger partial charge in [0.2, 0.25) is 5.95 Å². The van der Waals surface area contributed by atoms with Crippen molar-refractivity contribution in [3.05, 3.63) is 35.4 Å². The second-order valence-corrected chi connectivity index (χ2v) is 5.41. The number of rotatable bonds is 1. The van der Waals surface area contributed by atoms with Gasteiger partial charge in [-0.05, 0) is 53.8 Å². The molecule has 104 valence electrons. The normalized spacial score (nSPS) is 22.5. The van der Waals surface area contributed by atoms with Crippen LogP contribution in [0.15, 0.2) is 34.1 Å². The molecule has 4 rings (SSSR count). The van der Waals surface area contributed by atoms with Crippen LogP contribution < -0.4 is 5.32 Å². The van der Waals surface area contributed by atoms with Crippen LogP contribution in [0.2, 0.25) is 0 Å². The molecule has 2 aromatic heterocycles. The highest BCUT2D eigenvalue weighted by molar-refractivity contribution is 5.45. The van der Waals surface area contributed by atoms with Gasteiger partial charge in [0.15, 0.2) is 0 Å². The van der Waals surface area contributed by atoms with Gasteiger partial charge in [0.25, 0.3) is 0 Å². The van der Waals surface area contributed by atoms with E-state index in [4.69, 9.17) is 4.42 Å². The summed E-state index contributed by atoms with van der Waals surface area (Å²) in [7, 11) is 0. The molecule has 6 heteroatoms. The van der Waals surface area contributed by atoms with E-state index in [-0.39, 0.29) is 6.04 Å². The first-order chi connectivity index (χ1) is 9.93. The van der Waals surface area contributed by atoms with Gasteiger partial charge >= 0.3 is 0 Å². The lowest BCUT2D eigenvalue weighted by Crippen LogP contribution is -2.26. The minimum absolute atomic E-state index is 0.00403. The number of nitrogens with zero attached hydrogens (tertiary/aromatic N) is 4. The molecule has 0 saturated carbocycles. The summed E-state index contributed by atoms with van der Waals surface area (Å²) in [6, 6.07) is 3.93. The summed E-state index contributed by atoms with van der Waals surface area (Å²) >= 11 is 0. The fraction of sp³-hybridized carbons (Fsp3) is 0.500. The van der Waals surface area contributed by atoms with E-state index in [0.29, 0.717) is 5.95 Å². The molecule has 0 radical (unpaired) electrons. The predicted molar refractivity (Wildman–Crippen MR) is 73.0 cm³/mol. The molecular formula is C14H17N5O. The monoisotopic (exact) mass is 271 g/mol. The molecule has 2 aromatic rings. The molecule has 20 heavy (non-hydrogen) atoms. The second kappa shape index (κ2) is 4.77. The second-order valence-electron chi connectivity index (χ2n) is 5.41. The number of aromatic nitrogens is 4. The van der Waals surface area contributed by atoms with E-state index in [1.165, 1.54) is 37.0 Å². The summed E-state index contributed by atoms with van der Waals surface area (Å²) < 4.78 is 7.47. The van der Waals surface area contributed by atoms with Crippen LogP contribution in [0.25, 0.3) is 0 Å². The van der Waals surface area contributed by atoms with Gasteiger partial charge in [-0.2, -0.15) is 4.68 Å². The van der Waals surface area contributed by atoms with Gasteiger partial charge in [0.1, 0.15) is 11.8 Å². The fourth-order valence-corrected chi connectivity index (χ4v) is 3.20. The van der Waals surface area contributed by atoms with Crippen molar-refractivity contribution in [3.63, 3.8) is 0 Å². The number of hydrogen-bond acceptors (Lipinski definition) is 5. The van der Waals surface area contributed by atoms with Crippen molar-refractivity contribution in [1.82, 2.24) is 20.2 Å². The highest BCUT2D eigenvalue weighted by Crippen LogP contribution is 2.39. The number of fused-ring (bicyclic) bond motifs is 1. The minimum atomic E-state index is 0.00403. The number of anilines is 1. The van der Waals surface area contributed by atoms with E-state index in [1.807, 2.05) is 16.8 Å². The van der Waals surface area contributed by atoms with Crippen LogP contribution in [0.3, 0.4) is 0 Å².